The fourth-order valence-corrected chi connectivity index (χ4v) is 0.683. The number of hydrogen-bond donors (Lipinski definition) is 0. The highest BCUT2D eigenvalue weighted by Crippen LogP contribution is 2.02. The third-order valence-electron chi connectivity index (χ3n) is 1.31. The molecule has 0 radical (unpaired) electrons. The second-order valence-corrected chi connectivity index (χ2v) is 2.98. The zero-order valence-corrected chi connectivity index (χ0v) is 10.1. The van der Waals surface area contributed by atoms with E-state index >= 15 is 0 Å². The first kappa shape index (κ1) is 15.6. The Hall–Kier alpha value is -0.850. The normalized spacial score (nSPS) is 10.9. The molecule has 0 nitrogen and oxygen atoms in total. The Kier molecular flexibility index (Phi) is 13.6. The van der Waals surface area contributed by atoms with E-state index in [0.717, 1.165) is 12.8 Å². The largest absolute Gasteiger partial charge is 0.207 e. The van der Waals surface area contributed by atoms with Gasteiger partial charge in [-0.1, -0.05) is 44.9 Å². The SMILES string of the molecule is CC.CCC/C=C(F)\C=C/C=C(C)C. The van der Waals surface area contributed by atoms with E-state index in [0.29, 0.717) is 0 Å². The molecule has 0 atom stereocenters. The maximum atomic E-state index is 12.8. The van der Waals surface area contributed by atoms with Gasteiger partial charge in [0, 0.05) is 0 Å². The summed E-state index contributed by atoms with van der Waals surface area (Å²) < 4.78 is 12.8. The van der Waals surface area contributed by atoms with Crippen molar-refractivity contribution in [2.45, 2.75) is 47.5 Å². The van der Waals surface area contributed by atoms with E-state index in [2.05, 4.69) is 0 Å². The van der Waals surface area contributed by atoms with Crippen molar-refractivity contribution in [2.24, 2.45) is 0 Å². The molecule has 0 aromatic heterocycles. The molecule has 0 fully saturated rings. The molecule has 0 bridgehead atoms. The third-order valence-corrected chi connectivity index (χ3v) is 1.31. The van der Waals surface area contributed by atoms with Gasteiger partial charge in [0.2, 0.25) is 0 Å². The van der Waals surface area contributed by atoms with Gasteiger partial charge in [-0.3, -0.25) is 0 Å². The Balaban J connectivity index is 0. The summed E-state index contributed by atoms with van der Waals surface area (Å²) in [4.78, 5) is 0. The lowest BCUT2D eigenvalue weighted by Gasteiger charge is -1.86. The van der Waals surface area contributed by atoms with E-state index in [1.54, 1.807) is 12.2 Å². The molecule has 0 spiro atoms. The van der Waals surface area contributed by atoms with Crippen LogP contribution in [0.4, 0.5) is 4.39 Å². The zero-order chi connectivity index (χ0) is 11.4. The molecule has 0 unspecified atom stereocenters. The number of allylic oxidation sites excluding steroid dienone is 6. The summed E-state index contributed by atoms with van der Waals surface area (Å²) in [5, 5.41) is 0. The summed E-state index contributed by atoms with van der Waals surface area (Å²) in [6.07, 6.45) is 8.52. The molecule has 0 amide bonds. The average Bonchev–Trinajstić information content (AvgIpc) is 2.17. The van der Waals surface area contributed by atoms with Crippen LogP contribution in [-0.2, 0) is 0 Å². The fraction of sp³-hybridized carbons (Fsp3) is 0.538. The molecule has 14 heavy (non-hydrogen) atoms. The van der Waals surface area contributed by atoms with Gasteiger partial charge in [-0.25, -0.2) is 4.39 Å². The van der Waals surface area contributed by atoms with E-state index in [-0.39, 0.29) is 5.83 Å². The molecule has 0 aliphatic rings. The van der Waals surface area contributed by atoms with Gasteiger partial charge in [0.05, 0.1) is 0 Å². The molecule has 0 aliphatic carbocycles. The van der Waals surface area contributed by atoms with Crippen LogP contribution >= 0.6 is 0 Å². The number of halogens is 1. The van der Waals surface area contributed by atoms with Crippen molar-refractivity contribution in [3.05, 3.63) is 35.7 Å². The highest BCUT2D eigenvalue weighted by molar-refractivity contribution is 5.18. The molecule has 0 saturated carbocycles. The van der Waals surface area contributed by atoms with Crippen LogP contribution < -0.4 is 0 Å². The zero-order valence-electron chi connectivity index (χ0n) is 10.1. The van der Waals surface area contributed by atoms with E-state index in [1.807, 2.05) is 40.7 Å². The first-order valence-electron chi connectivity index (χ1n) is 5.34. The van der Waals surface area contributed by atoms with E-state index in [1.165, 1.54) is 11.6 Å². The number of rotatable bonds is 4. The minimum absolute atomic E-state index is 0.144. The molecule has 0 saturated heterocycles. The second kappa shape index (κ2) is 12.2. The highest BCUT2D eigenvalue weighted by Gasteiger charge is 1.83. The van der Waals surface area contributed by atoms with Crippen LogP contribution in [0.25, 0.3) is 0 Å². The van der Waals surface area contributed by atoms with Gasteiger partial charge >= 0.3 is 0 Å². The van der Waals surface area contributed by atoms with Gasteiger partial charge in [0.25, 0.3) is 0 Å². The molecule has 0 aliphatic heterocycles. The Morgan fingerprint density at radius 1 is 1.21 bits per heavy atom. The lowest BCUT2D eigenvalue weighted by atomic mass is 10.2. The van der Waals surface area contributed by atoms with Crippen LogP contribution in [0.1, 0.15) is 47.5 Å². The van der Waals surface area contributed by atoms with Crippen molar-refractivity contribution in [3.63, 3.8) is 0 Å². The van der Waals surface area contributed by atoms with Crippen molar-refractivity contribution >= 4 is 0 Å². The molecule has 0 aromatic rings. The summed E-state index contributed by atoms with van der Waals surface area (Å²) in [6.45, 7) is 10.00. The van der Waals surface area contributed by atoms with Gasteiger partial charge in [-0.05, 0) is 32.4 Å². The van der Waals surface area contributed by atoms with Crippen LogP contribution in [0.3, 0.4) is 0 Å². The van der Waals surface area contributed by atoms with Gasteiger partial charge < -0.3 is 0 Å². The van der Waals surface area contributed by atoms with Crippen LogP contribution in [0, 0.1) is 0 Å². The Morgan fingerprint density at radius 2 is 1.79 bits per heavy atom. The maximum absolute atomic E-state index is 12.8. The molecule has 0 rings (SSSR count). The Bertz CT molecular complexity index is 193. The predicted molar refractivity (Wildman–Crippen MR) is 64.0 cm³/mol. The molecule has 82 valence electrons. The summed E-state index contributed by atoms with van der Waals surface area (Å²) in [5.74, 6) is -0.144. The molecule has 0 aromatic carbocycles. The minimum Gasteiger partial charge on any atom is -0.207 e. The van der Waals surface area contributed by atoms with E-state index in [9.17, 15) is 4.39 Å². The first-order valence-corrected chi connectivity index (χ1v) is 5.34. The lowest BCUT2D eigenvalue weighted by Crippen LogP contribution is -1.67. The fourth-order valence-electron chi connectivity index (χ4n) is 0.683. The first-order chi connectivity index (χ1) is 6.66. The number of unbranched alkanes of at least 4 members (excludes halogenated alkanes) is 1. The molecular formula is C13H23F. The smallest absolute Gasteiger partial charge is 0.119 e. The summed E-state index contributed by atoms with van der Waals surface area (Å²) in [5.41, 5.74) is 1.18. The van der Waals surface area contributed by atoms with E-state index in [4.69, 9.17) is 0 Å². The Morgan fingerprint density at radius 3 is 2.21 bits per heavy atom. The highest BCUT2D eigenvalue weighted by atomic mass is 19.1. The van der Waals surface area contributed by atoms with Gasteiger partial charge in [0.1, 0.15) is 5.83 Å². The van der Waals surface area contributed by atoms with E-state index < -0.39 is 0 Å². The van der Waals surface area contributed by atoms with Crippen molar-refractivity contribution < 1.29 is 4.39 Å². The number of hydrogen-bond acceptors (Lipinski definition) is 0. The molecule has 0 heterocycles. The summed E-state index contributed by atoms with van der Waals surface area (Å²) >= 11 is 0. The molecular weight excluding hydrogens is 175 g/mol. The summed E-state index contributed by atoms with van der Waals surface area (Å²) in [7, 11) is 0. The quantitative estimate of drug-likeness (QED) is 0.545. The van der Waals surface area contributed by atoms with Crippen molar-refractivity contribution in [1.29, 1.82) is 0 Å². The monoisotopic (exact) mass is 198 g/mol. The molecule has 1 heteroatoms. The van der Waals surface area contributed by atoms with Crippen LogP contribution in [0.5, 0.6) is 0 Å². The van der Waals surface area contributed by atoms with Crippen molar-refractivity contribution in [2.75, 3.05) is 0 Å². The standard InChI is InChI=1S/C11H17F.C2H6/c1-4-5-8-11(12)9-6-7-10(2)3;1-2/h6-9H,4-5H2,1-3H3;1-2H3/b9-6-,11-8+;. The minimum atomic E-state index is -0.144. The predicted octanol–water partition coefficient (Wildman–Crippen LogP) is 5.19. The maximum Gasteiger partial charge on any atom is 0.119 e. The van der Waals surface area contributed by atoms with Crippen LogP contribution in [-0.4, -0.2) is 0 Å². The van der Waals surface area contributed by atoms with Gasteiger partial charge in [-0.2, -0.15) is 0 Å². The van der Waals surface area contributed by atoms with Gasteiger partial charge in [0.15, 0.2) is 0 Å². The van der Waals surface area contributed by atoms with Crippen molar-refractivity contribution in [3.8, 4) is 0 Å². The topological polar surface area (TPSA) is 0 Å². The molecule has 0 N–H and O–H groups in total. The summed E-state index contributed by atoms with van der Waals surface area (Å²) in [6, 6.07) is 0. The van der Waals surface area contributed by atoms with Crippen LogP contribution in [0.2, 0.25) is 0 Å². The second-order valence-electron chi connectivity index (χ2n) is 2.98. The van der Waals surface area contributed by atoms with Crippen molar-refractivity contribution in [1.82, 2.24) is 0 Å². The average molecular weight is 198 g/mol. The Labute approximate surface area is 88.2 Å². The van der Waals surface area contributed by atoms with Crippen LogP contribution in [0.15, 0.2) is 35.7 Å². The third kappa shape index (κ3) is 13.7. The lowest BCUT2D eigenvalue weighted by molar-refractivity contribution is 0.658. The van der Waals surface area contributed by atoms with Gasteiger partial charge in [-0.15, -0.1) is 0 Å².